The fourth-order valence-electron chi connectivity index (χ4n) is 3.29. The Morgan fingerprint density at radius 2 is 2.03 bits per heavy atom. The predicted octanol–water partition coefficient (Wildman–Crippen LogP) is 4.18. The van der Waals surface area contributed by atoms with E-state index in [1.807, 2.05) is 12.1 Å². The SMILES string of the molecule is O=C(CCc1ncc(-c2ccc(F)cc2)o1)Nc1cccc(N2CCCC2=O)c1. The second kappa shape index (κ2) is 8.26. The van der Waals surface area contributed by atoms with Crippen molar-refractivity contribution in [1.29, 1.82) is 0 Å². The molecule has 29 heavy (non-hydrogen) atoms. The molecule has 0 bridgehead atoms. The Morgan fingerprint density at radius 3 is 2.79 bits per heavy atom. The molecule has 0 spiro atoms. The minimum atomic E-state index is -0.316. The van der Waals surface area contributed by atoms with Crippen LogP contribution in [0, 0.1) is 5.82 Å². The van der Waals surface area contributed by atoms with Crippen LogP contribution in [0.1, 0.15) is 25.2 Å². The lowest BCUT2D eigenvalue weighted by molar-refractivity contribution is -0.117. The number of carbonyl (C=O) groups excluding carboxylic acids is 2. The summed E-state index contributed by atoms with van der Waals surface area (Å²) in [6.07, 6.45) is 3.53. The lowest BCUT2D eigenvalue weighted by atomic mass is 10.2. The molecule has 0 unspecified atom stereocenters. The standard InChI is InChI=1S/C22H20FN3O3/c23-16-8-6-15(7-9-16)19-14-24-21(29-19)11-10-20(27)25-17-3-1-4-18(13-17)26-12-2-5-22(26)28/h1,3-4,6-9,13-14H,2,5,10-12H2,(H,25,27). The molecule has 1 saturated heterocycles. The molecule has 4 rings (SSSR count). The maximum atomic E-state index is 13.0. The second-order valence-corrected chi connectivity index (χ2v) is 6.87. The van der Waals surface area contributed by atoms with Gasteiger partial charge in [-0.1, -0.05) is 6.07 Å². The van der Waals surface area contributed by atoms with Crippen molar-refractivity contribution in [2.45, 2.75) is 25.7 Å². The second-order valence-electron chi connectivity index (χ2n) is 6.87. The third-order valence-electron chi connectivity index (χ3n) is 4.76. The molecule has 1 fully saturated rings. The summed E-state index contributed by atoms with van der Waals surface area (Å²) in [6, 6.07) is 13.2. The van der Waals surface area contributed by atoms with Crippen LogP contribution in [0.3, 0.4) is 0 Å². The number of amides is 2. The van der Waals surface area contributed by atoms with E-state index in [1.54, 1.807) is 35.4 Å². The molecule has 148 valence electrons. The van der Waals surface area contributed by atoms with E-state index in [0.29, 0.717) is 36.7 Å². The molecule has 1 aliphatic heterocycles. The Kier molecular flexibility index (Phi) is 5.37. The minimum absolute atomic E-state index is 0.106. The number of aryl methyl sites for hydroxylation is 1. The average Bonchev–Trinajstić information content (AvgIpc) is 3.36. The van der Waals surface area contributed by atoms with Crippen molar-refractivity contribution < 1.29 is 18.4 Å². The summed E-state index contributed by atoms with van der Waals surface area (Å²) in [7, 11) is 0. The lowest BCUT2D eigenvalue weighted by Crippen LogP contribution is -2.23. The number of halogens is 1. The van der Waals surface area contributed by atoms with Crippen molar-refractivity contribution in [3.63, 3.8) is 0 Å². The molecule has 2 amide bonds. The quantitative estimate of drug-likeness (QED) is 0.682. The molecule has 1 aromatic heterocycles. The Balaban J connectivity index is 1.34. The predicted molar refractivity (Wildman–Crippen MR) is 107 cm³/mol. The average molecular weight is 393 g/mol. The number of carbonyl (C=O) groups is 2. The first kappa shape index (κ1) is 18.9. The number of hydrogen-bond acceptors (Lipinski definition) is 4. The summed E-state index contributed by atoms with van der Waals surface area (Å²) in [5.74, 6) is 0.591. The van der Waals surface area contributed by atoms with Gasteiger partial charge in [-0.15, -0.1) is 0 Å². The van der Waals surface area contributed by atoms with Crippen molar-refractivity contribution in [3.8, 4) is 11.3 Å². The zero-order valence-corrected chi connectivity index (χ0v) is 15.7. The zero-order chi connectivity index (χ0) is 20.2. The fraction of sp³-hybridized carbons (Fsp3) is 0.227. The van der Waals surface area contributed by atoms with Gasteiger partial charge in [0.05, 0.1) is 6.20 Å². The van der Waals surface area contributed by atoms with E-state index in [9.17, 15) is 14.0 Å². The van der Waals surface area contributed by atoms with Crippen LogP contribution < -0.4 is 10.2 Å². The molecular formula is C22H20FN3O3. The van der Waals surface area contributed by atoms with Gasteiger partial charge in [-0.25, -0.2) is 9.37 Å². The number of aromatic nitrogens is 1. The molecule has 0 saturated carbocycles. The maximum absolute atomic E-state index is 13.0. The molecule has 0 radical (unpaired) electrons. The van der Waals surface area contributed by atoms with Gasteiger partial charge < -0.3 is 14.6 Å². The van der Waals surface area contributed by atoms with Crippen LogP contribution in [-0.4, -0.2) is 23.3 Å². The number of anilines is 2. The largest absolute Gasteiger partial charge is 0.441 e. The van der Waals surface area contributed by atoms with Crippen molar-refractivity contribution in [3.05, 3.63) is 66.4 Å². The molecule has 6 nitrogen and oxygen atoms in total. The number of benzene rings is 2. The Labute approximate surface area is 167 Å². The van der Waals surface area contributed by atoms with Crippen LogP contribution in [-0.2, 0) is 16.0 Å². The van der Waals surface area contributed by atoms with Gasteiger partial charge in [0.2, 0.25) is 11.8 Å². The number of nitrogens with zero attached hydrogens (tertiary/aromatic N) is 2. The number of nitrogens with one attached hydrogen (secondary N) is 1. The van der Waals surface area contributed by atoms with E-state index in [-0.39, 0.29) is 24.1 Å². The van der Waals surface area contributed by atoms with Crippen LogP contribution in [0.5, 0.6) is 0 Å². The van der Waals surface area contributed by atoms with Gasteiger partial charge in [0, 0.05) is 42.7 Å². The van der Waals surface area contributed by atoms with Crippen molar-refractivity contribution >= 4 is 23.2 Å². The monoisotopic (exact) mass is 393 g/mol. The van der Waals surface area contributed by atoms with Gasteiger partial charge in [0.15, 0.2) is 11.7 Å². The highest BCUT2D eigenvalue weighted by Gasteiger charge is 2.21. The van der Waals surface area contributed by atoms with Crippen LogP contribution in [0.15, 0.2) is 59.1 Å². The van der Waals surface area contributed by atoms with Gasteiger partial charge in [0.1, 0.15) is 5.82 Å². The summed E-state index contributed by atoms with van der Waals surface area (Å²) in [5, 5.41) is 2.85. The van der Waals surface area contributed by atoms with E-state index >= 15 is 0 Å². The number of oxazole rings is 1. The van der Waals surface area contributed by atoms with Crippen molar-refractivity contribution in [2.24, 2.45) is 0 Å². The Bertz CT molecular complexity index is 1030. The van der Waals surface area contributed by atoms with Crippen molar-refractivity contribution in [1.82, 2.24) is 4.98 Å². The minimum Gasteiger partial charge on any atom is -0.441 e. The first-order valence-electron chi connectivity index (χ1n) is 9.49. The third-order valence-corrected chi connectivity index (χ3v) is 4.76. The molecule has 1 N–H and O–H groups in total. The molecule has 2 aromatic carbocycles. The summed E-state index contributed by atoms with van der Waals surface area (Å²) >= 11 is 0. The van der Waals surface area contributed by atoms with E-state index in [0.717, 1.165) is 17.7 Å². The van der Waals surface area contributed by atoms with Gasteiger partial charge >= 0.3 is 0 Å². The van der Waals surface area contributed by atoms with E-state index in [4.69, 9.17) is 4.42 Å². The van der Waals surface area contributed by atoms with Crippen LogP contribution in [0.2, 0.25) is 0 Å². The molecule has 7 heteroatoms. The summed E-state index contributed by atoms with van der Waals surface area (Å²) in [6.45, 7) is 0.705. The lowest BCUT2D eigenvalue weighted by Gasteiger charge is -2.16. The summed E-state index contributed by atoms with van der Waals surface area (Å²) < 4.78 is 18.7. The highest BCUT2D eigenvalue weighted by molar-refractivity contribution is 5.97. The Hall–Kier alpha value is -3.48. The molecule has 2 heterocycles. The molecule has 3 aromatic rings. The van der Waals surface area contributed by atoms with Gasteiger partial charge in [0.25, 0.3) is 0 Å². The highest BCUT2D eigenvalue weighted by Crippen LogP contribution is 2.25. The van der Waals surface area contributed by atoms with E-state index < -0.39 is 0 Å². The topological polar surface area (TPSA) is 75.4 Å². The van der Waals surface area contributed by atoms with Crippen LogP contribution in [0.25, 0.3) is 11.3 Å². The molecule has 1 aliphatic rings. The first-order chi connectivity index (χ1) is 14.1. The molecule has 0 atom stereocenters. The van der Waals surface area contributed by atoms with E-state index in [2.05, 4.69) is 10.3 Å². The number of hydrogen-bond donors (Lipinski definition) is 1. The summed E-state index contributed by atoms with van der Waals surface area (Å²) in [5.41, 5.74) is 2.16. The summed E-state index contributed by atoms with van der Waals surface area (Å²) in [4.78, 5) is 30.1. The normalized spacial score (nSPS) is 13.7. The van der Waals surface area contributed by atoms with Gasteiger partial charge in [-0.05, 0) is 48.9 Å². The van der Waals surface area contributed by atoms with Crippen LogP contribution in [0.4, 0.5) is 15.8 Å². The van der Waals surface area contributed by atoms with Crippen molar-refractivity contribution in [2.75, 3.05) is 16.8 Å². The van der Waals surface area contributed by atoms with Gasteiger partial charge in [-0.2, -0.15) is 0 Å². The maximum Gasteiger partial charge on any atom is 0.227 e. The Morgan fingerprint density at radius 1 is 1.21 bits per heavy atom. The van der Waals surface area contributed by atoms with Gasteiger partial charge in [-0.3, -0.25) is 9.59 Å². The first-order valence-corrected chi connectivity index (χ1v) is 9.49. The fourth-order valence-corrected chi connectivity index (χ4v) is 3.29. The van der Waals surface area contributed by atoms with E-state index in [1.165, 1.54) is 12.1 Å². The third kappa shape index (κ3) is 4.51. The van der Waals surface area contributed by atoms with Crippen LogP contribution >= 0.6 is 0 Å². The number of rotatable bonds is 6. The zero-order valence-electron chi connectivity index (χ0n) is 15.7. The molecule has 0 aliphatic carbocycles. The smallest absolute Gasteiger partial charge is 0.227 e. The highest BCUT2D eigenvalue weighted by atomic mass is 19.1. The molecular weight excluding hydrogens is 373 g/mol.